The molecular formula is C14H14BrNOS. The van der Waals surface area contributed by atoms with Crippen molar-refractivity contribution in [3.05, 3.63) is 56.2 Å². The molecule has 0 bridgehead atoms. The Morgan fingerprint density at radius 3 is 2.78 bits per heavy atom. The third kappa shape index (κ3) is 3.00. The molecule has 1 atom stereocenters. The molecule has 0 radical (unpaired) electrons. The van der Waals surface area contributed by atoms with Crippen molar-refractivity contribution in [2.24, 2.45) is 0 Å². The molecule has 1 N–H and O–H groups in total. The molecule has 0 aliphatic heterocycles. The minimum atomic E-state index is -0.0128. The van der Waals surface area contributed by atoms with E-state index in [4.69, 9.17) is 0 Å². The normalized spacial score (nSPS) is 12.2. The minimum Gasteiger partial charge on any atom is -0.345 e. The molecule has 94 valence electrons. The van der Waals surface area contributed by atoms with E-state index < -0.39 is 0 Å². The zero-order valence-corrected chi connectivity index (χ0v) is 12.6. The number of aryl methyl sites for hydroxylation is 1. The number of halogens is 1. The third-order valence-corrected chi connectivity index (χ3v) is 4.15. The van der Waals surface area contributed by atoms with Crippen LogP contribution in [-0.4, -0.2) is 5.91 Å². The fraction of sp³-hybridized carbons (Fsp3) is 0.214. The van der Waals surface area contributed by atoms with E-state index in [9.17, 15) is 4.79 Å². The Morgan fingerprint density at radius 1 is 1.39 bits per heavy atom. The zero-order valence-electron chi connectivity index (χ0n) is 10.2. The van der Waals surface area contributed by atoms with Crippen molar-refractivity contribution in [1.82, 2.24) is 5.32 Å². The summed E-state index contributed by atoms with van der Waals surface area (Å²) >= 11 is 4.99. The molecule has 0 saturated carbocycles. The number of carbonyl (C=O) groups excluding carboxylic acids is 1. The van der Waals surface area contributed by atoms with Gasteiger partial charge in [-0.2, -0.15) is 11.3 Å². The summed E-state index contributed by atoms with van der Waals surface area (Å²) in [4.78, 5) is 12.1. The standard InChI is InChI=1S/C14H14BrNOS/c1-9-7-18-8-13(9)14(17)16-10(2)11-4-3-5-12(15)6-11/h3-8,10H,1-2H3,(H,16,17). The number of amides is 1. The Morgan fingerprint density at radius 2 is 2.17 bits per heavy atom. The Labute approximate surface area is 119 Å². The molecule has 0 aliphatic carbocycles. The van der Waals surface area contributed by atoms with Crippen LogP contribution in [0.3, 0.4) is 0 Å². The van der Waals surface area contributed by atoms with Gasteiger partial charge in [0.15, 0.2) is 0 Å². The van der Waals surface area contributed by atoms with Gasteiger partial charge in [0.1, 0.15) is 0 Å². The maximum Gasteiger partial charge on any atom is 0.252 e. The summed E-state index contributed by atoms with van der Waals surface area (Å²) in [6.07, 6.45) is 0. The van der Waals surface area contributed by atoms with Crippen LogP contribution in [0.2, 0.25) is 0 Å². The van der Waals surface area contributed by atoms with E-state index in [0.29, 0.717) is 0 Å². The lowest BCUT2D eigenvalue weighted by Gasteiger charge is -2.14. The predicted octanol–water partition coefficient (Wildman–Crippen LogP) is 4.31. The van der Waals surface area contributed by atoms with Gasteiger partial charge in [0, 0.05) is 9.85 Å². The van der Waals surface area contributed by atoms with Crippen molar-refractivity contribution >= 4 is 33.2 Å². The highest BCUT2D eigenvalue weighted by atomic mass is 79.9. The Balaban J connectivity index is 2.10. The summed E-state index contributed by atoms with van der Waals surface area (Å²) in [6.45, 7) is 3.94. The summed E-state index contributed by atoms with van der Waals surface area (Å²) in [5.41, 5.74) is 2.88. The van der Waals surface area contributed by atoms with E-state index in [-0.39, 0.29) is 11.9 Å². The van der Waals surface area contributed by atoms with E-state index in [2.05, 4.69) is 21.2 Å². The maximum atomic E-state index is 12.1. The average molecular weight is 324 g/mol. The number of hydrogen-bond donors (Lipinski definition) is 1. The molecule has 1 aromatic heterocycles. The maximum absolute atomic E-state index is 12.1. The lowest BCUT2D eigenvalue weighted by Crippen LogP contribution is -2.26. The third-order valence-electron chi connectivity index (χ3n) is 2.80. The van der Waals surface area contributed by atoms with E-state index in [1.807, 2.05) is 48.9 Å². The number of nitrogens with one attached hydrogen (secondary N) is 1. The van der Waals surface area contributed by atoms with Crippen LogP contribution in [0.4, 0.5) is 0 Å². The van der Waals surface area contributed by atoms with Crippen molar-refractivity contribution in [2.45, 2.75) is 19.9 Å². The highest BCUT2D eigenvalue weighted by molar-refractivity contribution is 9.10. The van der Waals surface area contributed by atoms with Gasteiger partial charge in [0.25, 0.3) is 5.91 Å². The van der Waals surface area contributed by atoms with Gasteiger partial charge < -0.3 is 5.32 Å². The molecule has 0 fully saturated rings. The van der Waals surface area contributed by atoms with Crippen LogP contribution in [0.15, 0.2) is 39.5 Å². The van der Waals surface area contributed by atoms with Crippen molar-refractivity contribution < 1.29 is 4.79 Å². The first-order chi connectivity index (χ1) is 8.58. The highest BCUT2D eigenvalue weighted by Crippen LogP contribution is 2.19. The Bertz CT molecular complexity index is 564. The fourth-order valence-corrected chi connectivity index (χ4v) is 2.97. The van der Waals surface area contributed by atoms with E-state index in [1.165, 1.54) is 0 Å². The molecule has 1 heterocycles. The van der Waals surface area contributed by atoms with E-state index >= 15 is 0 Å². The second-order valence-electron chi connectivity index (χ2n) is 4.22. The zero-order chi connectivity index (χ0) is 13.1. The summed E-state index contributed by atoms with van der Waals surface area (Å²) in [5.74, 6) is -0.0128. The van der Waals surface area contributed by atoms with Crippen LogP contribution in [-0.2, 0) is 0 Å². The smallest absolute Gasteiger partial charge is 0.252 e. The monoisotopic (exact) mass is 323 g/mol. The first-order valence-corrected chi connectivity index (χ1v) is 7.40. The van der Waals surface area contributed by atoms with E-state index in [1.54, 1.807) is 11.3 Å². The number of rotatable bonds is 3. The quantitative estimate of drug-likeness (QED) is 0.895. The van der Waals surface area contributed by atoms with Crippen LogP contribution in [0, 0.1) is 6.92 Å². The van der Waals surface area contributed by atoms with Gasteiger partial charge in [-0.15, -0.1) is 0 Å². The molecule has 0 aliphatic rings. The van der Waals surface area contributed by atoms with Gasteiger partial charge in [0.05, 0.1) is 11.6 Å². The molecular weight excluding hydrogens is 310 g/mol. The fourth-order valence-electron chi connectivity index (χ4n) is 1.73. The molecule has 2 nitrogen and oxygen atoms in total. The average Bonchev–Trinajstić information content (AvgIpc) is 2.75. The summed E-state index contributed by atoms with van der Waals surface area (Å²) in [7, 11) is 0. The van der Waals surface area contributed by atoms with Crippen LogP contribution in [0.1, 0.15) is 34.5 Å². The predicted molar refractivity (Wildman–Crippen MR) is 79.1 cm³/mol. The lowest BCUT2D eigenvalue weighted by atomic mass is 10.1. The van der Waals surface area contributed by atoms with Crippen LogP contribution in [0.5, 0.6) is 0 Å². The van der Waals surface area contributed by atoms with Gasteiger partial charge in [0.2, 0.25) is 0 Å². The van der Waals surface area contributed by atoms with Crippen molar-refractivity contribution in [3.8, 4) is 0 Å². The van der Waals surface area contributed by atoms with E-state index in [0.717, 1.165) is 21.2 Å². The van der Waals surface area contributed by atoms with Crippen molar-refractivity contribution in [1.29, 1.82) is 0 Å². The molecule has 2 rings (SSSR count). The summed E-state index contributed by atoms with van der Waals surface area (Å²) in [5, 5.41) is 6.89. The van der Waals surface area contributed by atoms with Gasteiger partial charge in [-0.25, -0.2) is 0 Å². The molecule has 0 spiro atoms. The molecule has 18 heavy (non-hydrogen) atoms. The number of carbonyl (C=O) groups is 1. The molecule has 1 aromatic carbocycles. The van der Waals surface area contributed by atoms with Crippen molar-refractivity contribution in [2.75, 3.05) is 0 Å². The topological polar surface area (TPSA) is 29.1 Å². The van der Waals surface area contributed by atoms with Gasteiger partial charge in [-0.05, 0) is 42.5 Å². The minimum absolute atomic E-state index is 0.00528. The van der Waals surface area contributed by atoms with Gasteiger partial charge >= 0.3 is 0 Å². The molecule has 1 unspecified atom stereocenters. The SMILES string of the molecule is Cc1cscc1C(=O)NC(C)c1cccc(Br)c1. The van der Waals surface area contributed by atoms with Crippen LogP contribution < -0.4 is 5.32 Å². The number of hydrogen-bond acceptors (Lipinski definition) is 2. The van der Waals surface area contributed by atoms with Crippen LogP contribution >= 0.6 is 27.3 Å². The highest BCUT2D eigenvalue weighted by Gasteiger charge is 2.13. The summed E-state index contributed by atoms with van der Waals surface area (Å²) in [6, 6.07) is 7.97. The largest absolute Gasteiger partial charge is 0.345 e. The molecule has 4 heteroatoms. The Kier molecular flexibility index (Phi) is 4.19. The molecule has 1 amide bonds. The number of benzene rings is 1. The summed E-state index contributed by atoms with van der Waals surface area (Å²) < 4.78 is 1.02. The molecule has 0 saturated heterocycles. The molecule has 2 aromatic rings. The Hall–Kier alpha value is -1.13. The van der Waals surface area contributed by atoms with Crippen molar-refractivity contribution in [3.63, 3.8) is 0 Å². The lowest BCUT2D eigenvalue weighted by molar-refractivity contribution is 0.0940. The first kappa shape index (κ1) is 13.3. The van der Waals surface area contributed by atoms with Gasteiger partial charge in [-0.1, -0.05) is 28.1 Å². The van der Waals surface area contributed by atoms with Gasteiger partial charge in [-0.3, -0.25) is 4.79 Å². The second kappa shape index (κ2) is 5.67. The first-order valence-electron chi connectivity index (χ1n) is 5.67. The van der Waals surface area contributed by atoms with Crippen LogP contribution in [0.25, 0.3) is 0 Å². The second-order valence-corrected chi connectivity index (χ2v) is 5.88. The number of thiophene rings is 1.